The smallest absolute Gasteiger partial charge is 0.329 e. The average Bonchev–Trinajstić information content (AvgIpc) is 2.47. The Hall–Kier alpha value is -1.76. The van der Waals surface area contributed by atoms with Gasteiger partial charge in [0.15, 0.2) is 0 Å². The Morgan fingerprint density at radius 1 is 1.38 bits per heavy atom. The zero-order valence-electron chi connectivity index (χ0n) is 12.0. The van der Waals surface area contributed by atoms with Crippen molar-refractivity contribution in [3.63, 3.8) is 0 Å². The number of carbonyl (C=O) groups is 2. The van der Waals surface area contributed by atoms with Crippen LogP contribution in [0, 0.1) is 6.92 Å². The fourth-order valence-electron chi connectivity index (χ4n) is 2.26. The first kappa shape index (κ1) is 15.6. The zero-order valence-corrected chi connectivity index (χ0v) is 12.8. The molecule has 1 aromatic rings. The number of carbonyl (C=O) groups excluding carboxylic acids is 1. The Morgan fingerprint density at radius 3 is 2.62 bits per heavy atom. The second kappa shape index (κ2) is 6.34. The molecule has 0 saturated carbocycles. The number of hydrogen-bond acceptors (Lipinski definition) is 5. The van der Waals surface area contributed by atoms with Crippen LogP contribution in [0.1, 0.15) is 28.9 Å². The summed E-state index contributed by atoms with van der Waals surface area (Å²) < 4.78 is 5.11. The lowest BCUT2D eigenvalue weighted by molar-refractivity contribution is -0.144. The van der Waals surface area contributed by atoms with E-state index in [-0.39, 0.29) is 11.4 Å². The van der Waals surface area contributed by atoms with Crippen LogP contribution in [0.3, 0.4) is 0 Å². The number of nitrogens with one attached hydrogen (secondary N) is 1. The minimum atomic E-state index is -1.20. The highest BCUT2D eigenvalue weighted by Crippen LogP contribution is 2.28. The van der Waals surface area contributed by atoms with Crippen molar-refractivity contribution >= 4 is 23.6 Å². The predicted octanol–water partition coefficient (Wildman–Crippen LogP) is 1.48. The number of thioether (sulfide) groups is 1. The summed E-state index contributed by atoms with van der Waals surface area (Å²) in [6.45, 7) is 1.79. The highest BCUT2D eigenvalue weighted by atomic mass is 32.2. The Balaban J connectivity index is 2.25. The van der Waals surface area contributed by atoms with E-state index in [1.165, 1.54) is 7.11 Å². The van der Waals surface area contributed by atoms with Gasteiger partial charge >= 0.3 is 5.97 Å². The second-order valence-corrected chi connectivity index (χ2v) is 6.19. The minimum absolute atomic E-state index is 0.207. The van der Waals surface area contributed by atoms with Gasteiger partial charge in [-0.3, -0.25) is 4.79 Å². The number of ether oxygens (including phenoxy) is 1. The predicted molar refractivity (Wildman–Crippen MR) is 79.9 cm³/mol. The summed E-state index contributed by atoms with van der Waals surface area (Å²) in [7, 11) is 1.43. The van der Waals surface area contributed by atoms with Crippen molar-refractivity contribution in [2.24, 2.45) is 0 Å². The summed E-state index contributed by atoms with van der Waals surface area (Å²) >= 11 is 1.70. The maximum absolute atomic E-state index is 12.4. The molecule has 1 aliphatic rings. The molecule has 0 spiro atoms. The summed E-state index contributed by atoms with van der Waals surface area (Å²) in [4.78, 5) is 28.1. The number of aliphatic carboxylic acids is 1. The normalized spacial score (nSPS) is 17.0. The molecule has 6 nitrogen and oxygen atoms in total. The van der Waals surface area contributed by atoms with Crippen LogP contribution in [-0.4, -0.2) is 46.1 Å². The van der Waals surface area contributed by atoms with E-state index >= 15 is 0 Å². The van der Waals surface area contributed by atoms with Crippen LogP contribution in [0.15, 0.2) is 12.1 Å². The van der Waals surface area contributed by atoms with Crippen molar-refractivity contribution in [2.75, 3.05) is 18.6 Å². The lowest BCUT2D eigenvalue weighted by Gasteiger charge is -2.33. The number of aryl methyl sites for hydroxylation is 1. The Bertz CT molecular complexity index is 556. The standard InChI is InChI=1S/C14H18N2O4S/c1-9-3-4-10(12(15-9)20-2)11(17)16-14(13(18)19)5-7-21-8-6-14/h3-4H,5-8H2,1-2H3,(H,16,17)(H,18,19). The van der Waals surface area contributed by atoms with Gasteiger partial charge in [-0.15, -0.1) is 0 Å². The van der Waals surface area contributed by atoms with Crippen molar-refractivity contribution in [3.05, 3.63) is 23.4 Å². The average molecular weight is 310 g/mol. The molecule has 2 rings (SSSR count). The highest BCUT2D eigenvalue weighted by molar-refractivity contribution is 7.99. The topological polar surface area (TPSA) is 88.5 Å². The van der Waals surface area contributed by atoms with Gasteiger partial charge in [-0.2, -0.15) is 11.8 Å². The number of aromatic nitrogens is 1. The van der Waals surface area contributed by atoms with E-state index < -0.39 is 17.4 Å². The van der Waals surface area contributed by atoms with Gasteiger partial charge in [0.2, 0.25) is 5.88 Å². The molecule has 7 heteroatoms. The summed E-state index contributed by atoms with van der Waals surface area (Å²) in [5.41, 5.74) is -0.217. The first-order chi connectivity index (χ1) is 9.98. The molecule has 21 heavy (non-hydrogen) atoms. The Morgan fingerprint density at radius 2 is 2.05 bits per heavy atom. The van der Waals surface area contributed by atoms with Crippen LogP contribution in [0.5, 0.6) is 5.88 Å². The molecule has 1 aliphatic heterocycles. The molecule has 0 unspecified atom stereocenters. The lowest BCUT2D eigenvalue weighted by atomic mass is 9.92. The van der Waals surface area contributed by atoms with E-state index in [4.69, 9.17) is 4.74 Å². The number of hydrogen-bond donors (Lipinski definition) is 2. The summed E-state index contributed by atoms with van der Waals surface area (Å²) in [6.07, 6.45) is 0.834. The minimum Gasteiger partial charge on any atom is -0.480 e. The van der Waals surface area contributed by atoms with Gasteiger partial charge in [-0.05, 0) is 43.4 Å². The molecule has 2 heterocycles. The van der Waals surface area contributed by atoms with Crippen LogP contribution in [0.4, 0.5) is 0 Å². The fraction of sp³-hybridized carbons (Fsp3) is 0.500. The van der Waals surface area contributed by atoms with Gasteiger partial charge in [-0.25, -0.2) is 9.78 Å². The van der Waals surface area contributed by atoms with Crippen LogP contribution < -0.4 is 10.1 Å². The van der Waals surface area contributed by atoms with Crippen molar-refractivity contribution < 1.29 is 19.4 Å². The number of rotatable bonds is 4. The molecule has 0 atom stereocenters. The molecular formula is C14H18N2O4S. The largest absolute Gasteiger partial charge is 0.480 e. The lowest BCUT2D eigenvalue weighted by Crippen LogP contribution is -2.56. The Labute approximate surface area is 127 Å². The maximum Gasteiger partial charge on any atom is 0.329 e. The number of methoxy groups -OCH3 is 1. The second-order valence-electron chi connectivity index (χ2n) is 4.96. The van der Waals surface area contributed by atoms with E-state index in [0.717, 1.165) is 17.2 Å². The van der Waals surface area contributed by atoms with E-state index in [1.807, 2.05) is 0 Å². The molecule has 114 valence electrons. The molecule has 1 saturated heterocycles. The molecule has 0 aliphatic carbocycles. The molecule has 1 aromatic heterocycles. The van der Waals surface area contributed by atoms with Gasteiger partial charge in [-0.1, -0.05) is 0 Å². The van der Waals surface area contributed by atoms with E-state index in [1.54, 1.807) is 30.8 Å². The molecule has 0 bridgehead atoms. The highest BCUT2D eigenvalue weighted by Gasteiger charge is 2.41. The summed E-state index contributed by atoms with van der Waals surface area (Å²) in [6, 6.07) is 3.30. The third-order valence-electron chi connectivity index (χ3n) is 3.55. The van der Waals surface area contributed by atoms with Crippen LogP contribution in [-0.2, 0) is 4.79 Å². The number of carboxylic acid groups (broad SMARTS) is 1. The molecular weight excluding hydrogens is 292 g/mol. The quantitative estimate of drug-likeness (QED) is 0.875. The van der Waals surface area contributed by atoms with Crippen molar-refractivity contribution in [3.8, 4) is 5.88 Å². The van der Waals surface area contributed by atoms with E-state index in [9.17, 15) is 14.7 Å². The zero-order chi connectivity index (χ0) is 15.5. The van der Waals surface area contributed by atoms with Crippen LogP contribution >= 0.6 is 11.8 Å². The van der Waals surface area contributed by atoms with Gasteiger partial charge in [0.25, 0.3) is 5.91 Å². The number of nitrogens with zero attached hydrogens (tertiary/aromatic N) is 1. The monoisotopic (exact) mass is 310 g/mol. The van der Waals surface area contributed by atoms with Crippen molar-refractivity contribution in [1.82, 2.24) is 10.3 Å². The maximum atomic E-state index is 12.4. The van der Waals surface area contributed by atoms with Crippen molar-refractivity contribution in [2.45, 2.75) is 25.3 Å². The van der Waals surface area contributed by atoms with E-state index in [0.29, 0.717) is 12.8 Å². The Kier molecular flexibility index (Phi) is 4.72. The molecule has 1 fully saturated rings. The first-order valence-electron chi connectivity index (χ1n) is 6.64. The third kappa shape index (κ3) is 3.29. The van der Waals surface area contributed by atoms with Crippen LogP contribution in [0.2, 0.25) is 0 Å². The van der Waals surface area contributed by atoms with Crippen molar-refractivity contribution in [1.29, 1.82) is 0 Å². The first-order valence-corrected chi connectivity index (χ1v) is 7.79. The van der Waals surface area contributed by atoms with Gasteiger partial charge in [0.05, 0.1) is 7.11 Å². The third-order valence-corrected chi connectivity index (χ3v) is 4.53. The molecule has 0 aromatic carbocycles. The molecule has 0 radical (unpaired) electrons. The summed E-state index contributed by atoms with van der Waals surface area (Å²) in [5, 5.41) is 12.2. The van der Waals surface area contributed by atoms with Gasteiger partial charge < -0.3 is 15.2 Å². The number of carboxylic acids is 1. The van der Waals surface area contributed by atoms with E-state index in [2.05, 4.69) is 10.3 Å². The SMILES string of the molecule is COc1nc(C)ccc1C(=O)NC1(C(=O)O)CCSCC1. The number of amides is 1. The van der Waals surface area contributed by atoms with Crippen LogP contribution in [0.25, 0.3) is 0 Å². The van der Waals surface area contributed by atoms with Gasteiger partial charge in [0.1, 0.15) is 11.1 Å². The van der Waals surface area contributed by atoms with Gasteiger partial charge in [0, 0.05) is 5.69 Å². The fourth-order valence-corrected chi connectivity index (χ4v) is 3.45. The summed E-state index contributed by atoms with van der Waals surface area (Å²) in [5.74, 6) is 0.188. The molecule has 1 amide bonds. The number of pyridine rings is 1. The molecule has 2 N–H and O–H groups in total.